The number of halogens is 2. The number of sulfone groups is 1. The molecule has 1 N–H and O–H groups in total. The van der Waals surface area contributed by atoms with Crippen molar-refractivity contribution in [1.82, 2.24) is 9.97 Å². The van der Waals surface area contributed by atoms with Crippen molar-refractivity contribution < 1.29 is 17.9 Å². The van der Waals surface area contributed by atoms with Crippen LogP contribution in [-0.4, -0.2) is 37.2 Å². The molecule has 128 valence electrons. The van der Waals surface area contributed by atoms with Gasteiger partial charge in [-0.3, -0.25) is 4.79 Å². The summed E-state index contributed by atoms with van der Waals surface area (Å²) in [6.07, 6.45) is 1.07. The maximum absolute atomic E-state index is 12.4. The fraction of sp³-hybridized carbons (Fsp3) is 0.214. The molecule has 1 heterocycles. The molecule has 0 unspecified atom stereocenters. The van der Waals surface area contributed by atoms with Crippen LogP contribution in [0.3, 0.4) is 0 Å². The zero-order valence-corrected chi connectivity index (χ0v) is 15.0. The molecule has 1 amide bonds. The molecule has 0 radical (unpaired) electrons. The van der Waals surface area contributed by atoms with Crippen LogP contribution >= 0.6 is 23.2 Å². The number of carbonyl (C=O) groups is 1. The highest BCUT2D eigenvalue weighted by Gasteiger charge is 2.21. The summed E-state index contributed by atoms with van der Waals surface area (Å²) in [6.45, 7) is 1.45. The van der Waals surface area contributed by atoms with Crippen molar-refractivity contribution in [3.8, 4) is 5.75 Å². The summed E-state index contributed by atoms with van der Waals surface area (Å²) in [7, 11) is -2.24. The van der Waals surface area contributed by atoms with Crippen molar-refractivity contribution >= 4 is 44.6 Å². The predicted molar refractivity (Wildman–Crippen MR) is 90.7 cm³/mol. The van der Waals surface area contributed by atoms with E-state index in [1.165, 1.54) is 20.1 Å². The zero-order valence-electron chi connectivity index (χ0n) is 12.7. The summed E-state index contributed by atoms with van der Waals surface area (Å²) in [5, 5.41) is 2.38. The second kappa shape index (κ2) is 7.33. The van der Waals surface area contributed by atoms with Crippen molar-refractivity contribution in [1.29, 1.82) is 0 Å². The average molecular weight is 390 g/mol. The quantitative estimate of drug-likeness (QED) is 0.789. The van der Waals surface area contributed by atoms with E-state index in [9.17, 15) is 13.2 Å². The molecule has 0 saturated heterocycles. The third-order valence-corrected chi connectivity index (χ3v) is 5.03. The van der Waals surface area contributed by atoms with Crippen molar-refractivity contribution in [3.05, 3.63) is 40.1 Å². The van der Waals surface area contributed by atoms with E-state index in [1.807, 2.05) is 0 Å². The van der Waals surface area contributed by atoms with Crippen LogP contribution in [0.1, 0.15) is 17.4 Å². The number of amides is 1. The van der Waals surface area contributed by atoms with Crippen LogP contribution in [0.5, 0.6) is 5.75 Å². The Labute approximate surface area is 148 Å². The molecular weight excluding hydrogens is 377 g/mol. The van der Waals surface area contributed by atoms with Gasteiger partial charge in [0, 0.05) is 5.02 Å². The third-order valence-electron chi connectivity index (χ3n) is 3.01. The lowest BCUT2D eigenvalue weighted by Gasteiger charge is -2.11. The van der Waals surface area contributed by atoms with Gasteiger partial charge in [-0.15, -0.1) is 0 Å². The van der Waals surface area contributed by atoms with E-state index in [2.05, 4.69) is 15.3 Å². The number of methoxy groups -OCH3 is 1. The topological polar surface area (TPSA) is 98.2 Å². The fourth-order valence-corrected chi connectivity index (χ4v) is 2.80. The molecule has 1 aromatic heterocycles. The van der Waals surface area contributed by atoms with Gasteiger partial charge in [0.25, 0.3) is 5.91 Å². The van der Waals surface area contributed by atoms with Gasteiger partial charge >= 0.3 is 0 Å². The summed E-state index contributed by atoms with van der Waals surface area (Å²) in [5.74, 6) is -0.535. The Morgan fingerprint density at radius 2 is 2.04 bits per heavy atom. The van der Waals surface area contributed by atoms with Gasteiger partial charge in [-0.05, 0) is 18.2 Å². The fourth-order valence-electron chi connectivity index (χ4n) is 1.75. The summed E-state index contributed by atoms with van der Waals surface area (Å²) in [6, 6.07) is 4.66. The van der Waals surface area contributed by atoms with E-state index in [0.29, 0.717) is 16.5 Å². The van der Waals surface area contributed by atoms with Crippen molar-refractivity contribution in [3.63, 3.8) is 0 Å². The number of carbonyl (C=O) groups excluding carboxylic acids is 1. The van der Waals surface area contributed by atoms with Crippen LogP contribution in [0.15, 0.2) is 29.6 Å². The molecule has 0 spiro atoms. The Morgan fingerprint density at radius 3 is 2.67 bits per heavy atom. The Bertz CT molecular complexity index is 888. The molecular formula is C14H13Cl2N3O4S. The van der Waals surface area contributed by atoms with Gasteiger partial charge in [-0.25, -0.2) is 18.4 Å². The highest BCUT2D eigenvalue weighted by molar-refractivity contribution is 7.91. The van der Waals surface area contributed by atoms with Gasteiger partial charge in [0.05, 0.1) is 29.8 Å². The van der Waals surface area contributed by atoms with Crippen LogP contribution in [0.25, 0.3) is 0 Å². The molecule has 2 aromatic rings. The number of nitrogens with one attached hydrogen (secondary N) is 1. The molecule has 0 saturated carbocycles. The SMILES string of the molecule is CCS(=O)(=O)c1ncc(Cl)c(C(=O)Nc2cc(Cl)ccc2OC)n1. The molecule has 0 bridgehead atoms. The molecule has 0 aliphatic rings. The van der Waals surface area contributed by atoms with Gasteiger partial charge in [0.2, 0.25) is 15.0 Å². The number of rotatable bonds is 5. The molecule has 7 nitrogen and oxygen atoms in total. The zero-order chi connectivity index (χ0) is 17.9. The van der Waals surface area contributed by atoms with Gasteiger partial charge in [-0.2, -0.15) is 0 Å². The first-order valence-corrected chi connectivity index (χ1v) is 9.09. The van der Waals surface area contributed by atoms with E-state index >= 15 is 0 Å². The summed E-state index contributed by atoms with van der Waals surface area (Å²) in [5.41, 5.74) is 0.0327. The Kier molecular flexibility index (Phi) is 5.63. The van der Waals surface area contributed by atoms with E-state index in [1.54, 1.807) is 12.1 Å². The second-order valence-electron chi connectivity index (χ2n) is 4.55. The van der Waals surface area contributed by atoms with Crippen LogP contribution in [0.2, 0.25) is 10.0 Å². The van der Waals surface area contributed by atoms with Crippen LogP contribution in [0, 0.1) is 0 Å². The third kappa shape index (κ3) is 3.95. The minimum Gasteiger partial charge on any atom is -0.495 e. The molecule has 10 heteroatoms. The van der Waals surface area contributed by atoms with Gasteiger partial charge in [0.15, 0.2) is 5.69 Å². The van der Waals surface area contributed by atoms with Crippen molar-refractivity contribution in [2.24, 2.45) is 0 Å². The molecule has 0 fully saturated rings. The van der Waals surface area contributed by atoms with E-state index in [0.717, 1.165) is 6.20 Å². The molecule has 1 aromatic carbocycles. The minimum absolute atomic E-state index is 0.0800. The number of benzene rings is 1. The lowest BCUT2D eigenvalue weighted by Crippen LogP contribution is -2.18. The normalized spacial score (nSPS) is 11.2. The molecule has 0 aliphatic carbocycles. The molecule has 0 aliphatic heterocycles. The Balaban J connectivity index is 2.40. The first-order chi connectivity index (χ1) is 11.3. The van der Waals surface area contributed by atoms with E-state index in [4.69, 9.17) is 27.9 Å². The number of hydrogen-bond donors (Lipinski definition) is 1. The van der Waals surface area contributed by atoms with Crippen LogP contribution in [0.4, 0.5) is 5.69 Å². The molecule has 2 rings (SSSR count). The molecule has 0 atom stereocenters. The number of hydrogen-bond acceptors (Lipinski definition) is 6. The highest BCUT2D eigenvalue weighted by Crippen LogP contribution is 2.28. The van der Waals surface area contributed by atoms with Gasteiger partial charge < -0.3 is 10.1 Å². The largest absolute Gasteiger partial charge is 0.495 e. The predicted octanol–water partition coefficient (Wildman–Crippen LogP) is 2.84. The number of anilines is 1. The minimum atomic E-state index is -3.67. The maximum Gasteiger partial charge on any atom is 0.276 e. The number of ether oxygens (including phenoxy) is 1. The Morgan fingerprint density at radius 1 is 1.33 bits per heavy atom. The van der Waals surface area contributed by atoms with Gasteiger partial charge in [-0.1, -0.05) is 30.1 Å². The number of aromatic nitrogens is 2. The van der Waals surface area contributed by atoms with Crippen molar-refractivity contribution in [2.45, 2.75) is 12.1 Å². The highest BCUT2D eigenvalue weighted by atomic mass is 35.5. The standard InChI is InChI=1S/C14H13Cl2N3O4S/c1-3-24(21,22)14-17-7-9(16)12(19-14)13(20)18-10-6-8(15)4-5-11(10)23-2/h4-7H,3H2,1-2H3,(H,18,20). The van der Waals surface area contributed by atoms with Crippen LogP contribution in [-0.2, 0) is 9.84 Å². The summed E-state index contributed by atoms with van der Waals surface area (Å²) in [4.78, 5) is 19.8. The van der Waals surface area contributed by atoms with Crippen LogP contribution < -0.4 is 10.1 Å². The van der Waals surface area contributed by atoms with Gasteiger partial charge in [0.1, 0.15) is 5.75 Å². The van der Waals surface area contributed by atoms with E-state index in [-0.39, 0.29) is 16.5 Å². The number of nitrogens with zero attached hydrogens (tertiary/aromatic N) is 2. The summed E-state index contributed by atoms with van der Waals surface area (Å²) < 4.78 is 28.8. The lowest BCUT2D eigenvalue weighted by atomic mass is 10.2. The molecule has 24 heavy (non-hydrogen) atoms. The average Bonchev–Trinajstić information content (AvgIpc) is 2.55. The maximum atomic E-state index is 12.4. The smallest absolute Gasteiger partial charge is 0.276 e. The first kappa shape index (κ1) is 18.4. The second-order valence-corrected chi connectivity index (χ2v) is 7.57. The summed E-state index contributed by atoms with van der Waals surface area (Å²) >= 11 is 11.8. The Hall–Kier alpha value is -1.90. The van der Waals surface area contributed by atoms with E-state index < -0.39 is 20.9 Å². The van der Waals surface area contributed by atoms with Crippen molar-refractivity contribution in [2.75, 3.05) is 18.2 Å². The lowest BCUT2D eigenvalue weighted by molar-refractivity contribution is 0.102. The monoisotopic (exact) mass is 389 g/mol. The first-order valence-electron chi connectivity index (χ1n) is 6.68.